The van der Waals surface area contributed by atoms with Crippen molar-refractivity contribution in [2.24, 2.45) is 17.3 Å². The first-order valence-corrected chi connectivity index (χ1v) is 8.90. The van der Waals surface area contributed by atoms with E-state index in [1.165, 1.54) is 11.1 Å². The molecular weight excluding hydrogens is 316 g/mol. The largest absolute Gasteiger partial charge is 0.454 e. The molecule has 0 N–H and O–H groups in total. The van der Waals surface area contributed by atoms with Crippen LogP contribution < -0.4 is 0 Å². The molecule has 0 amide bonds. The smallest absolute Gasteiger partial charge is 0.310 e. The minimum absolute atomic E-state index is 0.0154. The lowest BCUT2D eigenvalue weighted by Gasteiger charge is -2.45. The fourth-order valence-electron chi connectivity index (χ4n) is 4.42. The summed E-state index contributed by atoms with van der Waals surface area (Å²) >= 11 is 0. The van der Waals surface area contributed by atoms with Gasteiger partial charge in [0.2, 0.25) is 0 Å². The second kappa shape index (κ2) is 6.58. The van der Waals surface area contributed by atoms with Crippen LogP contribution in [0.3, 0.4) is 0 Å². The van der Waals surface area contributed by atoms with Gasteiger partial charge in [-0.15, -0.1) is 0 Å². The lowest BCUT2D eigenvalue weighted by atomic mass is 9.67. The molecule has 0 saturated carbocycles. The molecule has 2 aliphatic rings. The molecule has 0 unspecified atom stereocenters. The number of rotatable bonds is 6. The summed E-state index contributed by atoms with van der Waals surface area (Å²) in [7, 11) is 1.61. The second-order valence-corrected chi connectivity index (χ2v) is 7.86. The molecule has 1 aromatic rings. The maximum absolute atomic E-state index is 12.4. The van der Waals surface area contributed by atoms with E-state index in [0.717, 1.165) is 0 Å². The van der Waals surface area contributed by atoms with Crippen molar-refractivity contribution >= 4 is 5.97 Å². The van der Waals surface area contributed by atoms with Crippen LogP contribution in [0.1, 0.15) is 31.9 Å². The molecule has 1 saturated heterocycles. The second-order valence-electron chi connectivity index (χ2n) is 7.86. The molecule has 25 heavy (non-hydrogen) atoms. The van der Waals surface area contributed by atoms with Crippen LogP contribution in [-0.2, 0) is 25.4 Å². The first-order chi connectivity index (χ1) is 11.8. The minimum atomic E-state index is -0.703. The molecule has 4 heteroatoms. The predicted octanol–water partition coefficient (Wildman–Crippen LogP) is 3.67. The summed E-state index contributed by atoms with van der Waals surface area (Å²) in [6, 6.07) is 8.38. The van der Waals surface area contributed by atoms with Gasteiger partial charge in [-0.25, -0.2) is 0 Å². The fourth-order valence-corrected chi connectivity index (χ4v) is 4.42. The first kappa shape index (κ1) is 18.2. The van der Waals surface area contributed by atoms with Crippen molar-refractivity contribution in [3.05, 3.63) is 47.5 Å². The fraction of sp³-hybridized carbons (Fsp3) is 0.571. The van der Waals surface area contributed by atoms with Crippen molar-refractivity contribution in [1.82, 2.24) is 0 Å². The highest BCUT2D eigenvalue weighted by Crippen LogP contribution is 2.57. The van der Waals surface area contributed by atoms with Gasteiger partial charge >= 0.3 is 5.97 Å². The first-order valence-electron chi connectivity index (χ1n) is 8.90. The van der Waals surface area contributed by atoms with Crippen LogP contribution in [0.4, 0.5) is 0 Å². The zero-order valence-corrected chi connectivity index (χ0v) is 15.7. The molecule has 0 aromatic heterocycles. The number of ether oxygens (including phenoxy) is 3. The summed E-state index contributed by atoms with van der Waals surface area (Å²) in [6.07, 6.45) is 4.69. The van der Waals surface area contributed by atoms with Crippen LogP contribution in [0.15, 0.2) is 36.4 Å². The van der Waals surface area contributed by atoms with E-state index in [2.05, 4.69) is 57.2 Å². The number of hydrogen-bond donors (Lipinski definition) is 0. The molecule has 0 radical (unpaired) electrons. The van der Waals surface area contributed by atoms with Crippen molar-refractivity contribution in [3.63, 3.8) is 0 Å². The molecule has 1 aliphatic carbocycles. The lowest BCUT2D eigenvalue weighted by Crippen LogP contribution is -2.56. The van der Waals surface area contributed by atoms with Gasteiger partial charge in [-0.05, 0) is 12.5 Å². The molecular formula is C21H28O4. The topological polar surface area (TPSA) is 44.8 Å². The Bertz CT molecular complexity index is 678. The zero-order chi connectivity index (χ0) is 18.2. The maximum Gasteiger partial charge on any atom is 0.310 e. The van der Waals surface area contributed by atoms with Gasteiger partial charge in [-0.2, -0.15) is 0 Å². The van der Waals surface area contributed by atoms with E-state index in [1.807, 2.05) is 6.92 Å². The van der Waals surface area contributed by atoms with Crippen LogP contribution in [0.2, 0.25) is 0 Å². The lowest BCUT2D eigenvalue weighted by molar-refractivity contribution is -0.201. The molecule has 1 aromatic carbocycles. The third-order valence-corrected chi connectivity index (χ3v) is 5.77. The number of carbonyl (C=O) groups excluding carboxylic acids is 1. The highest BCUT2D eigenvalue weighted by Gasteiger charge is 2.66. The Morgan fingerprint density at radius 1 is 1.32 bits per heavy atom. The number of benzene rings is 1. The molecule has 1 heterocycles. The zero-order valence-electron chi connectivity index (χ0n) is 15.7. The molecule has 3 rings (SSSR count). The van der Waals surface area contributed by atoms with Gasteiger partial charge in [0.1, 0.15) is 12.9 Å². The van der Waals surface area contributed by atoms with Gasteiger partial charge in [-0.1, -0.05) is 62.8 Å². The van der Waals surface area contributed by atoms with Crippen molar-refractivity contribution in [3.8, 4) is 0 Å². The van der Waals surface area contributed by atoms with Crippen LogP contribution in [-0.4, -0.2) is 31.6 Å². The summed E-state index contributed by atoms with van der Waals surface area (Å²) in [5.74, 6) is -0.288. The third-order valence-electron chi connectivity index (χ3n) is 5.77. The van der Waals surface area contributed by atoms with Gasteiger partial charge in [-0.3, -0.25) is 4.79 Å². The van der Waals surface area contributed by atoms with Crippen molar-refractivity contribution in [2.45, 2.75) is 45.8 Å². The predicted molar refractivity (Wildman–Crippen MR) is 96.0 cm³/mol. The Morgan fingerprint density at radius 3 is 2.76 bits per heavy atom. The van der Waals surface area contributed by atoms with Crippen molar-refractivity contribution in [2.75, 3.05) is 13.9 Å². The Hall–Kier alpha value is -1.65. The number of aryl methyl sites for hydroxylation is 1. The van der Waals surface area contributed by atoms with Gasteiger partial charge in [0.25, 0.3) is 0 Å². The van der Waals surface area contributed by atoms with E-state index < -0.39 is 5.60 Å². The Balaban J connectivity index is 2.00. The average molecular weight is 344 g/mol. The summed E-state index contributed by atoms with van der Waals surface area (Å²) in [6.45, 7) is 8.43. The van der Waals surface area contributed by atoms with E-state index in [9.17, 15) is 4.79 Å². The number of methoxy groups -OCH3 is 1. The number of esters is 1. The van der Waals surface area contributed by atoms with Crippen LogP contribution >= 0.6 is 0 Å². The normalized spacial score (nSPS) is 31.0. The minimum Gasteiger partial charge on any atom is -0.454 e. The molecule has 136 valence electrons. The number of hydrogen-bond acceptors (Lipinski definition) is 4. The standard InChI is InChI=1S/C21H28O4/c1-14-7-6-8-16(11-14)12-18(24-13-23-5)21-17(9-10-20(21,3)4)15(2)19(22)25-21/h6-11,15,17-18H,12-13H2,1-5H3/t15-,17-,18+,21-/m0/s1. The van der Waals surface area contributed by atoms with Gasteiger partial charge in [0.05, 0.1) is 5.92 Å². The van der Waals surface area contributed by atoms with Crippen LogP contribution in [0.5, 0.6) is 0 Å². The van der Waals surface area contributed by atoms with E-state index in [0.29, 0.717) is 6.42 Å². The highest BCUT2D eigenvalue weighted by molar-refractivity contribution is 5.77. The van der Waals surface area contributed by atoms with Gasteiger partial charge < -0.3 is 14.2 Å². The maximum atomic E-state index is 12.4. The molecule has 0 bridgehead atoms. The third kappa shape index (κ3) is 2.91. The van der Waals surface area contributed by atoms with Crippen molar-refractivity contribution < 1.29 is 19.0 Å². The number of fused-ring (bicyclic) bond motifs is 1. The summed E-state index contributed by atoms with van der Waals surface area (Å²) in [5.41, 5.74) is 1.37. The molecule has 1 fully saturated rings. The van der Waals surface area contributed by atoms with Crippen LogP contribution in [0, 0.1) is 24.2 Å². The van der Waals surface area contributed by atoms with Gasteiger partial charge in [0, 0.05) is 24.9 Å². The molecule has 1 aliphatic heterocycles. The van der Waals surface area contributed by atoms with E-state index >= 15 is 0 Å². The van der Waals surface area contributed by atoms with Crippen molar-refractivity contribution in [1.29, 1.82) is 0 Å². The highest BCUT2D eigenvalue weighted by atomic mass is 16.7. The Labute approximate surface area is 150 Å². The number of carbonyl (C=O) groups is 1. The molecule has 4 nitrogen and oxygen atoms in total. The summed E-state index contributed by atoms with van der Waals surface area (Å²) < 4.78 is 17.4. The monoisotopic (exact) mass is 344 g/mol. The van der Waals surface area contributed by atoms with E-state index in [4.69, 9.17) is 14.2 Å². The summed E-state index contributed by atoms with van der Waals surface area (Å²) in [5, 5.41) is 0. The SMILES string of the molecule is COCO[C@H](Cc1cccc(C)c1)[C@@]12OC(=O)[C@@H](C)[C@@H]1C=CC2(C)C. The quantitative estimate of drug-likeness (QED) is 0.449. The van der Waals surface area contributed by atoms with E-state index in [-0.39, 0.29) is 36.1 Å². The average Bonchev–Trinajstić information content (AvgIpc) is 2.97. The van der Waals surface area contributed by atoms with Crippen LogP contribution in [0.25, 0.3) is 0 Å². The van der Waals surface area contributed by atoms with E-state index in [1.54, 1.807) is 7.11 Å². The van der Waals surface area contributed by atoms with Gasteiger partial charge in [0.15, 0.2) is 5.60 Å². The Morgan fingerprint density at radius 2 is 2.08 bits per heavy atom. The molecule has 0 spiro atoms. The Kier molecular flexibility index (Phi) is 4.78. The summed E-state index contributed by atoms with van der Waals surface area (Å²) in [4.78, 5) is 12.4. The molecule has 4 atom stereocenters.